The second kappa shape index (κ2) is 4.88. The summed E-state index contributed by atoms with van der Waals surface area (Å²) in [5.74, 6) is 0.380. The molecule has 72 valence electrons. The normalized spacial score (nSPS) is 11.1. The summed E-state index contributed by atoms with van der Waals surface area (Å²) in [7, 11) is 0. The number of rotatable bonds is 3. The number of aromatic nitrogens is 3. The van der Waals surface area contributed by atoms with Crippen molar-refractivity contribution >= 4 is 28.8 Å². The fourth-order valence-electron chi connectivity index (χ4n) is 0.816. The summed E-state index contributed by atoms with van der Waals surface area (Å²) in [6.45, 7) is 7.17. The van der Waals surface area contributed by atoms with Crippen molar-refractivity contribution in [3.05, 3.63) is 47.8 Å². The molecule has 0 bridgehead atoms. The van der Waals surface area contributed by atoms with Crippen LogP contribution in [0.25, 0.3) is 5.57 Å². The number of allylic oxidation sites excluding steroid dienone is 4. The van der Waals surface area contributed by atoms with Crippen molar-refractivity contribution in [2.75, 3.05) is 0 Å². The van der Waals surface area contributed by atoms with Gasteiger partial charge in [-0.05, 0) is 23.2 Å². The zero-order chi connectivity index (χ0) is 10.6. The van der Waals surface area contributed by atoms with Gasteiger partial charge in [0.1, 0.15) is 0 Å². The van der Waals surface area contributed by atoms with Crippen molar-refractivity contribution in [3.63, 3.8) is 0 Å². The van der Waals surface area contributed by atoms with Crippen molar-refractivity contribution in [2.24, 2.45) is 0 Å². The monoisotopic (exact) mass is 227 g/mol. The molecule has 0 unspecified atom stereocenters. The van der Waals surface area contributed by atoms with E-state index in [1.54, 1.807) is 18.2 Å². The number of halogens is 2. The maximum absolute atomic E-state index is 5.62. The molecule has 0 N–H and O–H groups in total. The number of hydrogen-bond acceptors (Lipinski definition) is 3. The highest BCUT2D eigenvalue weighted by Gasteiger charge is 2.04. The van der Waals surface area contributed by atoms with Gasteiger partial charge >= 0.3 is 0 Å². The van der Waals surface area contributed by atoms with E-state index in [-0.39, 0.29) is 10.6 Å². The lowest BCUT2D eigenvalue weighted by Gasteiger charge is -1.99. The van der Waals surface area contributed by atoms with Crippen LogP contribution in [-0.4, -0.2) is 15.0 Å². The van der Waals surface area contributed by atoms with E-state index in [4.69, 9.17) is 23.2 Å². The van der Waals surface area contributed by atoms with Gasteiger partial charge in [0.2, 0.25) is 10.6 Å². The molecule has 14 heavy (non-hydrogen) atoms. The summed E-state index contributed by atoms with van der Waals surface area (Å²) in [6.07, 6.45) is 4.89. The second-order valence-corrected chi connectivity index (χ2v) is 2.94. The molecule has 0 radical (unpaired) electrons. The lowest BCUT2D eigenvalue weighted by molar-refractivity contribution is 1.02. The molecule has 1 aromatic heterocycles. The molecule has 0 aliphatic rings. The summed E-state index contributed by atoms with van der Waals surface area (Å²) in [4.78, 5) is 11.4. The van der Waals surface area contributed by atoms with Crippen LogP contribution in [0.15, 0.2) is 31.4 Å². The van der Waals surface area contributed by atoms with Gasteiger partial charge in [-0.25, -0.2) is 0 Å². The molecule has 0 atom stereocenters. The molecule has 3 nitrogen and oxygen atoms in total. The zero-order valence-corrected chi connectivity index (χ0v) is 8.76. The van der Waals surface area contributed by atoms with Crippen LogP contribution in [0.5, 0.6) is 0 Å². The Bertz CT molecular complexity index is 379. The first kappa shape index (κ1) is 10.9. The smallest absolute Gasteiger partial charge is 0.198 e. The SMILES string of the molecule is C=C/C=C(\C=C)c1nc(Cl)nc(Cl)n1. The molecule has 0 spiro atoms. The average Bonchev–Trinajstić information content (AvgIpc) is 2.12. The first-order chi connectivity index (χ1) is 6.67. The largest absolute Gasteiger partial charge is 0.227 e. The summed E-state index contributed by atoms with van der Waals surface area (Å²) in [5, 5.41) is 0.105. The van der Waals surface area contributed by atoms with Crippen LogP contribution >= 0.6 is 23.2 Å². The Balaban J connectivity index is 3.23. The molecule has 1 rings (SSSR count). The van der Waals surface area contributed by atoms with E-state index in [0.29, 0.717) is 11.4 Å². The minimum absolute atomic E-state index is 0.0526. The van der Waals surface area contributed by atoms with Gasteiger partial charge in [-0.15, -0.1) is 0 Å². The third kappa shape index (κ3) is 2.65. The Morgan fingerprint density at radius 1 is 1.07 bits per heavy atom. The van der Waals surface area contributed by atoms with Crippen molar-refractivity contribution in [1.29, 1.82) is 0 Å². The first-order valence-electron chi connectivity index (χ1n) is 3.70. The van der Waals surface area contributed by atoms with E-state index in [1.807, 2.05) is 0 Å². The fraction of sp³-hybridized carbons (Fsp3) is 0. The van der Waals surface area contributed by atoms with Gasteiger partial charge in [0, 0.05) is 5.57 Å². The maximum Gasteiger partial charge on any atom is 0.227 e. The van der Waals surface area contributed by atoms with E-state index in [2.05, 4.69) is 28.1 Å². The van der Waals surface area contributed by atoms with E-state index in [0.717, 1.165) is 0 Å². The van der Waals surface area contributed by atoms with E-state index >= 15 is 0 Å². The van der Waals surface area contributed by atoms with Gasteiger partial charge in [-0.1, -0.05) is 31.4 Å². The van der Waals surface area contributed by atoms with Crippen molar-refractivity contribution in [3.8, 4) is 0 Å². The lowest BCUT2D eigenvalue weighted by Crippen LogP contribution is -1.96. The van der Waals surface area contributed by atoms with Gasteiger partial charge in [-0.2, -0.15) is 15.0 Å². The molecule has 0 aromatic carbocycles. The third-order valence-electron chi connectivity index (χ3n) is 1.36. The minimum Gasteiger partial charge on any atom is -0.198 e. The molecule has 0 fully saturated rings. The van der Waals surface area contributed by atoms with E-state index in [1.165, 1.54) is 0 Å². The summed E-state index contributed by atoms with van der Waals surface area (Å²) < 4.78 is 0. The standard InChI is InChI=1S/C9H7Cl2N3/c1-3-5-6(4-2)7-12-8(10)14-9(11)13-7/h3-5H,1-2H2/b6-5+. The topological polar surface area (TPSA) is 38.7 Å². The van der Waals surface area contributed by atoms with Crippen LogP contribution in [-0.2, 0) is 0 Å². The first-order valence-corrected chi connectivity index (χ1v) is 4.45. The van der Waals surface area contributed by atoms with E-state index < -0.39 is 0 Å². The summed E-state index contributed by atoms with van der Waals surface area (Å²) >= 11 is 11.2. The van der Waals surface area contributed by atoms with Gasteiger partial charge < -0.3 is 0 Å². The Morgan fingerprint density at radius 2 is 1.64 bits per heavy atom. The Morgan fingerprint density at radius 3 is 2.07 bits per heavy atom. The molecule has 0 aliphatic carbocycles. The van der Waals surface area contributed by atoms with Crippen molar-refractivity contribution < 1.29 is 0 Å². The van der Waals surface area contributed by atoms with E-state index in [9.17, 15) is 0 Å². The highest BCUT2D eigenvalue weighted by molar-refractivity contribution is 6.31. The predicted octanol–water partition coefficient (Wildman–Crippen LogP) is 2.93. The van der Waals surface area contributed by atoms with Crippen LogP contribution in [0.3, 0.4) is 0 Å². The fourth-order valence-corrected chi connectivity index (χ4v) is 1.18. The molecule has 5 heteroatoms. The quantitative estimate of drug-likeness (QED) is 0.746. The second-order valence-electron chi connectivity index (χ2n) is 2.26. The highest BCUT2D eigenvalue weighted by atomic mass is 35.5. The Labute approximate surface area is 91.8 Å². The van der Waals surface area contributed by atoms with Crippen LogP contribution in [0.2, 0.25) is 10.6 Å². The molecule has 0 saturated carbocycles. The van der Waals surface area contributed by atoms with Gasteiger partial charge in [-0.3, -0.25) is 0 Å². The molecule has 0 amide bonds. The molecule has 1 aromatic rings. The third-order valence-corrected chi connectivity index (χ3v) is 1.69. The highest BCUT2D eigenvalue weighted by Crippen LogP contribution is 2.14. The van der Waals surface area contributed by atoms with Crippen LogP contribution < -0.4 is 0 Å². The lowest BCUT2D eigenvalue weighted by atomic mass is 10.2. The summed E-state index contributed by atoms with van der Waals surface area (Å²) in [6, 6.07) is 0. The Hall–Kier alpha value is -1.19. The molecule has 0 saturated heterocycles. The van der Waals surface area contributed by atoms with Crippen LogP contribution in [0, 0.1) is 0 Å². The zero-order valence-electron chi connectivity index (χ0n) is 7.24. The Kier molecular flexibility index (Phi) is 3.80. The average molecular weight is 228 g/mol. The van der Waals surface area contributed by atoms with Crippen LogP contribution in [0.4, 0.5) is 0 Å². The predicted molar refractivity (Wildman–Crippen MR) is 58.2 cm³/mol. The van der Waals surface area contributed by atoms with Gasteiger partial charge in [0.25, 0.3) is 0 Å². The van der Waals surface area contributed by atoms with Crippen molar-refractivity contribution in [1.82, 2.24) is 15.0 Å². The molecular formula is C9H7Cl2N3. The van der Waals surface area contributed by atoms with Crippen molar-refractivity contribution in [2.45, 2.75) is 0 Å². The van der Waals surface area contributed by atoms with Gasteiger partial charge in [0.05, 0.1) is 0 Å². The minimum atomic E-state index is 0.0526. The van der Waals surface area contributed by atoms with Crippen LogP contribution in [0.1, 0.15) is 5.82 Å². The number of nitrogens with zero attached hydrogens (tertiary/aromatic N) is 3. The van der Waals surface area contributed by atoms with Gasteiger partial charge in [0.15, 0.2) is 5.82 Å². The number of hydrogen-bond donors (Lipinski definition) is 0. The molecule has 1 heterocycles. The molecular weight excluding hydrogens is 221 g/mol. The molecule has 0 aliphatic heterocycles. The summed E-state index contributed by atoms with van der Waals surface area (Å²) in [5.41, 5.74) is 0.686. The maximum atomic E-state index is 5.62.